The molecular formula is C29H34FN3O5S. The highest BCUT2D eigenvalue weighted by atomic mass is 32.2. The molecule has 0 spiro atoms. The van der Waals surface area contributed by atoms with E-state index in [0.717, 1.165) is 25.5 Å². The van der Waals surface area contributed by atoms with Crippen molar-refractivity contribution < 1.29 is 27.1 Å². The van der Waals surface area contributed by atoms with Gasteiger partial charge in [0.25, 0.3) is 0 Å². The number of aryl methyl sites for hydroxylation is 1. The summed E-state index contributed by atoms with van der Waals surface area (Å²) in [5.41, 5.74) is 0.796. The van der Waals surface area contributed by atoms with E-state index < -0.39 is 39.4 Å². The molecule has 1 saturated heterocycles. The summed E-state index contributed by atoms with van der Waals surface area (Å²) in [5.74, 6) is -0.848. The number of likely N-dealkylation sites (tertiary alicyclic amines) is 1. The fraction of sp³-hybridized carbons (Fsp3) is 0.483. The summed E-state index contributed by atoms with van der Waals surface area (Å²) in [7, 11) is -3.40. The molecule has 2 bridgehead atoms. The topological polar surface area (TPSA) is 117 Å². The second kappa shape index (κ2) is 11.0. The Morgan fingerprint density at radius 3 is 2.54 bits per heavy atom. The summed E-state index contributed by atoms with van der Waals surface area (Å²) < 4.78 is 44.2. The van der Waals surface area contributed by atoms with Crippen LogP contribution in [0.15, 0.2) is 47.4 Å². The highest BCUT2D eigenvalue weighted by Crippen LogP contribution is 2.43. The molecule has 1 aliphatic carbocycles. The molecular weight excluding hydrogens is 521 g/mol. The van der Waals surface area contributed by atoms with Gasteiger partial charge in [-0.25, -0.2) is 17.6 Å². The predicted octanol–water partition coefficient (Wildman–Crippen LogP) is 4.63. The van der Waals surface area contributed by atoms with E-state index in [2.05, 4.69) is 11.4 Å². The number of sulfone groups is 1. The van der Waals surface area contributed by atoms with Crippen LogP contribution in [-0.4, -0.2) is 55.3 Å². The highest BCUT2D eigenvalue weighted by molar-refractivity contribution is 7.90. The number of rotatable bonds is 7. The summed E-state index contributed by atoms with van der Waals surface area (Å²) in [4.78, 5) is 27.8. The van der Waals surface area contributed by atoms with Crippen molar-refractivity contribution in [2.75, 3.05) is 6.26 Å². The zero-order chi connectivity index (χ0) is 28.5. The zero-order valence-electron chi connectivity index (χ0n) is 22.6. The van der Waals surface area contributed by atoms with Crippen LogP contribution in [0.5, 0.6) is 0 Å². The summed E-state index contributed by atoms with van der Waals surface area (Å²) in [5, 5.41) is 12.5. The normalized spacial score (nSPS) is 21.3. The molecule has 4 rings (SSSR count). The minimum Gasteiger partial charge on any atom is -0.444 e. The van der Waals surface area contributed by atoms with Gasteiger partial charge in [-0.05, 0) is 93.7 Å². The molecule has 10 heteroatoms. The molecule has 2 aromatic carbocycles. The number of halogens is 1. The molecule has 0 radical (unpaired) electrons. The molecule has 1 aliphatic heterocycles. The molecule has 39 heavy (non-hydrogen) atoms. The van der Waals surface area contributed by atoms with E-state index >= 15 is 0 Å². The first kappa shape index (κ1) is 28.6. The van der Waals surface area contributed by atoms with Crippen molar-refractivity contribution in [2.45, 2.75) is 81.5 Å². The average Bonchev–Trinajstić information content (AvgIpc) is 3.47. The number of hydrogen-bond donors (Lipinski definition) is 1. The lowest BCUT2D eigenvalue weighted by molar-refractivity contribution is -0.128. The lowest BCUT2D eigenvalue weighted by Gasteiger charge is -2.35. The fourth-order valence-electron chi connectivity index (χ4n) is 5.46. The van der Waals surface area contributed by atoms with Crippen molar-refractivity contribution in [1.29, 1.82) is 5.26 Å². The van der Waals surface area contributed by atoms with Gasteiger partial charge in [-0.1, -0.05) is 24.3 Å². The number of piperidine rings is 1. The van der Waals surface area contributed by atoms with Crippen LogP contribution < -0.4 is 5.32 Å². The lowest BCUT2D eigenvalue weighted by atomic mass is 9.97. The Morgan fingerprint density at radius 1 is 1.18 bits per heavy atom. The number of carbonyl (C=O) groups is 2. The maximum atomic E-state index is 15.0. The van der Waals surface area contributed by atoms with Crippen LogP contribution in [-0.2, 0) is 25.8 Å². The van der Waals surface area contributed by atoms with E-state index in [0.29, 0.717) is 16.7 Å². The minimum atomic E-state index is -3.40. The van der Waals surface area contributed by atoms with Gasteiger partial charge in [0, 0.05) is 12.3 Å². The second-order valence-corrected chi connectivity index (χ2v) is 13.4. The number of nitrogens with zero attached hydrogens (tertiary/aromatic N) is 2. The first-order chi connectivity index (χ1) is 18.3. The van der Waals surface area contributed by atoms with Crippen molar-refractivity contribution >= 4 is 21.8 Å². The number of carbonyl (C=O) groups excluding carboxylic acids is 2. The molecule has 1 N–H and O–H groups in total. The number of amides is 2. The van der Waals surface area contributed by atoms with E-state index in [1.165, 1.54) is 23.1 Å². The predicted molar refractivity (Wildman–Crippen MR) is 144 cm³/mol. The molecule has 0 aromatic heterocycles. The van der Waals surface area contributed by atoms with Gasteiger partial charge in [0.2, 0.25) is 5.91 Å². The van der Waals surface area contributed by atoms with Gasteiger partial charge in [0.05, 0.1) is 11.0 Å². The molecule has 8 nitrogen and oxygen atoms in total. The molecule has 2 amide bonds. The summed E-state index contributed by atoms with van der Waals surface area (Å²) in [6, 6.07) is 11.4. The monoisotopic (exact) mass is 555 g/mol. The number of nitriles is 1. The molecule has 1 saturated carbocycles. The van der Waals surface area contributed by atoms with Gasteiger partial charge in [0.15, 0.2) is 9.84 Å². The van der Waals surface area contributed by atoms with Crippen molar-refractivity contribution in [3.63, 3.8) is 0 Å². The van der Waals surface area contributed by atoms with Crippen molar-refractivity contribution in [3.8, 4) is 17.2 Å². The van der Waals surface area contributed by atoms with Crippen LogP contribution in [0, 0.1) is 23.1 Å². The number of benzene rings is 2. The Kier molecular flexibility index (Phi) is 8.03. The van der Waals surface area contributed by atoms with Gasteiger partial charge in [-0.3, -0.25) is 9.69 Å². The van der Waals surface area contributed by atoms with Crippen molar-refractivity contribution in [1.82, 2.24) is 10.2 Å². The number of hydrogen-bond acceptors (Lipinski definition) is 6. The van der Waals surface area contributed by atoms with Crippen LogP contribution >= 0.6 is 0 Å². The van der Waals surface area contributed by atoms with Gasteiger partial charge in [-0.15, -0.1) is 0 Å². The Hall–Kier alpha value is -3.45. The Bertz CT molecular complexity index is 1410. The first-order valence-corrected chi connectivity index (χ1v) is 15.0. The maximum Gasteiger partial charge on any atom is 0.411 e. The standard InChI is InChI=1S/C29H34FN3O5S/c1-29(2,3)38-28(35)33-23-13-11-21(14-23)26(33)27(34)32-22(17-31)12-10-18-8-9-20(16-25(18)30)19-6-5-7-24(15-19)39(4,36)37/h5-9,15-16,21-23,26H,10-14H2,1-4H3,(H,32,34)/t21-,22-,23+,26-/m0/s1. The van der Waals surface area contributed by atoms with Crippen LogP contribution in [0.25, 0.3) is 11.1 Å². The van der Waals surface area contributed by atoms with Crippen molar-refractivity contribution in [3.05, 3.63) is 53.8 Å². The maximum absolute atomic E-state index is 15.0. The largest absolute Gasteiger partial charge is 0.444 e. The molecule has 2 aromatic rings. The second-order valence-electron chi connectivity index (χ2n) is 11.4. The van der Waals surface area contributed by atoms with Crippen molar-refractivity contribution in [2.24, 2.45) is 5.92 Å². The quantitative estimate of drug-likeness (QED) is 0.533. The number of ether oxygens (including phenoxy) is 1. The highest BCUT2D eigenvalue weighted by Gasteiger charge is 2.52. The van der Waals surface area contributed by atoms with Crippen LogP contribution in [0.4, 0.5) is 9.18 Å². The smallest absolute Gasteiger partial charge is 0.411 e. The summed E-state index contributed by atoms with van der Waals surface area (Å²) in [6.45, 7) is 5.33. The number of fused-ring (bicyclic) bond motifs is 2. The molecule has 0 unspecified atom stereocenters. The molecule has 208 valence electrons. The average molecular weight is 556 g/mol. The van der Waals surface area contributed by atoms with E-state index in [9.17, 15) is 27.7 Å². The SMILES string of the molecule is CC(C)(C)OC(=O)N1[C@@H]2CC[C@@H](C2)[C@H]1C(=O)N[C@H](C#N)CCc1ccc(-c2cccc(S(C)(=O)=O)c2)cc1F. The Balaban J connectivity index is 1.41. The molecule has 2 fully saturated rings. The fourth-order valence-corrected chi connectivity index (χ4v) is 6.13. The van der Waals surface area contributed by atoms with E-state index in [4.69, 9.17) is 4.74 Å². The molecule has 4 atom stereocenters. The minimum absolute atomic E-state index is 0.0213. The lowest BCUT2D eigenvalue weighted by Crippen LogP contribution is -2.55. The van der Waals surface area contributed by atoms with Crippen LogP contribution in [0.1, 0.15) is 52.0 Å². The van der Waals surface area contributed by atoms with Crippen LogP contribution in [0.2, 0.25) is 0 Å². The first-order valence-electron chi connectivity index (χ1n) is 13.1. The third-order valence-corrected chi connectivity index (χ3v) is 8.39. The van der Waals surface area contributed by atoms with Gasteiger partial charge >= 0.3 is 6.09 Å². The Labute approximate surface area is 229 Å². The van der Waals surface area contributed by atoms with Gasteiger partial charge in [-0.2, -0.15) is 5.26 Å². The number of nitrogens with one attached hydrogen (secondary N) is 1. The van der Waals surface area contributed by atoms with E-state index in [-0.39, 0.29) is 35.6 Å². The zero-order valence-corrected chi connectivity index (χ0v) is 23.4. The van der Waals surface area contributed by atoms with Gasteiger partial charge < -0.3 is 10.1 Å². The van der Waals surface area contributed by atoms with E-state index in [1.54, 1.807) is 45.0 Å². The van der Waals surface area contributed by atoms with Crippen LogP contribution in [0.3, 0.4) is 0 Å². The summed E-state index contributed by atoms with van der Waals surface area (Å²) in [6.07, 6.45) is 3.39. The summed E-state index contributed by atoms with van der Waals surface area (Å²) >= 11 is 0. The Morgan fingerprint density at radius 2 is 1.90 bits per heavy atom. The molecule has 1 heterocycles. The third-order valence-electron chi connectivity index (χ3n) is 7.28. The third kappa shape index (κ3) is 6.59. The molecule has 2 aliphatic rings. The van der Waals surface area contributed by atoms with Gasteiger partial charge in [0.1, 0.15) is 23.5 Å². The van der Waals surface area contributed by atoms with E-state index in [1.807, 2.05) is 0 Å².